The Balaban J connectivity index is 4.42. The molecule has 0 amide bonds. The first-order valence-electron chi connectivity index (χ1n) is 10.8. The zero-order chi connectivity index (χ0) is 22.0. The second-order valence-corrected chi connectivity index (χ2v) is 2.50. The maximum Gasteiger partial charge on any atom is 0.0626 e. The number of hydrogen-bond acceptors (Lipinski definition) is 0. The van der Waals surface area contributed by atoms with Gasteiger partial charge in [0.2, 0.25) is 0 Å². The van der Waals surface area contributed by atoms with Gasteiger partial charge in [-0.05, 0) is 35.9 Å². The molecule has 0 aliphatic heterocycles. The van der Waals surface area contributed by atoms with E-state index in [4.69, 9.17) is 20.6 Å². The van der Waals surface area contributed by atoms with Gasteiger partial charge in [0.1, 0.15) is 0 Å². The lowest BCUT2D eigenvalue weighted by Crippen LogP contribution is -2.13. The minimum atomic E-state index is -3.70. The molecule has 0 aliphatic carbocycles. The summed E-state index contributed by atoms with van der Waals surface area (Å²) in [5.41, 5.74) is -6.17. The normalized spacial score (nSPS) is 34.2. The molecule has 0 aliphatic rings. The minimum Gasteiger partial charge on any atom is -0.0617 e. The lowest BCUT2D eigenvalue weighted by Gasteiger charge is -2.22. The summed E-state index contributed by atoms with van der Waals surface area (Å²) in [5.74, 6) is 0. The highest BCUT2D eigenvalue weighted by Crippen LogP contribution is 2.26. The fraction of sp³-hybridized carbons (Fsp3) is 0.500. The molecule has 0 nitrogen and oxygen atoms in total. The Morgan fingerprint density at radius 3 is 2.67 bits per heavy atom. The van der Waals surface area contributed by atoms with E-state index in [1.807, 2.05) is 0 Å². The Morgan fingerprint density at radius 2 is 2.08 bits per heavy atom. The highest BCUT2D eigenvalue weighted by molar-refractivity contribution is 5.37. The highest BCUT2D eigenvalue weighted by atomic mass is 14.2. The predicted molar refractivity (Wildman–Crippen MR) is 54.6 cm³/mol. The van der Waals surface area contributed by atoms with Crippen LogP contribution in [-0.4, -0.2) is 0 Å². The van der Waals surface area contributed by atoms with E-state index < -0.39 is 67.6 Å². The molecule has 0 aromatic heterocycles. The Labute approximate surface area is 96.7 Å². The Morgan fingerprint density at radius 1 is 1.33 bits per heavy atom. The standard InChI is InChI=1S/C12H18/c1-9-7-6-8-11(10(9)2)12(3,4)5/h6-8H,1-5H3/i1D3,3D3,4D3,5D3,6D,7D,8D. The van der Waals surface area contributed by atoms with Crippen molar-refractivity contribution in [3.05, 3.63) is 34.8 Å². The van der Waals surface area contributed by atoms with Crippen molar-refractivity contribution in [1.29, 1.82) is 0 Å². The summed E-state index contributed by atoms with van der Waals surface area (Å²) in [4.78, 5) is 0. The van der Waals surface area contributed by atoms with Gasteiger partial charge in [0, 0.05) is 16.4 Å². The van der Waals surface area contributed by atoms with Crippen LogP contribution in [0, 0.1) is 13.8 Å². The molecule has 0 N–H and O–H groups in total. The average Bonchev–Trinajstić information content (AvgIpc) is 2.34. The molecule has 0 heterocycles. The molecule has 0 heteroatoms. The van der Waals surface area contributed by atoms with Crippen molar-refractivity contribution in [3.8, 4) is 0 Å². The Kier molecular flexibility index (Phi) is 0.416. The van der Waals surface area contributed by atoms with Crippen LogP contribution in [0.3, 0.4) is 0 Å². The first-order chi connectivity index (χ1) is 11.6. The summed E-state index contributed by atoms with van der Waals surface area (Å²) >= 11 is 0. The molecule has 1 aromatic rings. The van der Waals surface area contributed by atoms with Crippen molar-refractivity contribution < 1.29 is 20.6 Å². The van der Waals surface area contributed by atoms with Crippen LogP contribution < -0.4 is 0 Å². The highest BCUT2D eigenvalue weighted by Gasteiger charge is 2.15. The van der Waals surface area contributed by atoms with Crippen LogP contribution in [-0.2, 0) is 5.41 Å². The van der Waals surface area contributed by atoms with Crippen LogP contribution in [0.15, 0.2) is 18.1 Å². The van der Waals surface area contributed by atoms with Gasteiger partial charge in [-0.25, -0.2) is 0 Å². The third-order valence-corrected chi connectivity index (χ3v) is 1.50. The summed E-state index contributed by atoms with van der Waals surface area (Å²) in [5, 5.41) is 0. The third kappa shape index (κ3) is 1.69. The van der Waals surface area contributed by atoms with Crippen molar-refractivity contribution in [1.82, 2.24) is 0 Å². The molecule has 0 spiro atoms. The second kappa shape index (κ2) is 2.93. The molecule has 1 aromatic carbocycles. The quantitative estimate of drug-likeness (QED) is 0.568. The van der Waals surface area contributed by atoms with Crippen LogP contribution in [0.1, 0.15) is 57.8 Å². The molecule has 0 radical (unpaired) electrons. The van der Waals surface area contributed by atoms with Gasteiger partial charge < -0.3 is 0 Å². The molecule has 0 bridgehead atoms. The monoisotopic (exact) mass is 177 g/mol. The number of rotatable bonds is 0. The first kappa shape index (κ1) is 1.70. The van der Waals surface area contributed by atoms with Crippen LogP contribution in [0.4, 0.5) is 0 Å². The minimum absolute atomic E-state index is 0.621. The van der Waals surface area contributed by atoms with E-state index in [0.29, 0.717) is 0 Å². The van der Waals surface area contributed by atoms with Crippen molar-refractivity contribution in [2.45, 2.75) is 39.7 Å². The molecule has 0 saturated carbocycles. The maximum atomic E-state index is 8.03. The zero-order valence-corrected chi connectivity index (χ0v) is 6.50. The van der Waals surface area contributed by atoms with Crippen LogP contribution in [0.5, 0.6) is 0 Å². The largest absolute Gasteiger partial charge is 0.0626 e. The van der Waals surface area contributed by atoms with Crippen molar-refractivity contribution in [3.63, 3.8) is 0 Å². The lowest BCUT2D eigenvalue weighted by atomic mass is 9.83. The van der Waals surface area contributed by atoms with Crippen LogP contribution in [0.25, 0.3) is 0 Å². The summed E-state index contributed by atoms with van der Waals surface area (Å²) < 4.78 is 116. The summed E-state index contributed by atoms with van der Waals surface area (Å²) in [6.07, 6.45) is 0. The van der Waals surface area contributed by atoms with E-state index in [0.717, 1.165) is 6.92 Å². The Hall–Kier alpha value is -0.780. The van der Waals surface area contributed by atoms with E-state index in [1.54, 1.807) is 0 Å². The number of benzene rings is 1. The molecular formula is C12H18. The van der Waals surface area contributed by atoms with Gasteiger partial charge in [-0.2, -0.15) is 0 Å². The first-order valence-corrected chi connectivity index (χ1v) is 3.25. The third-order valence-electron chi connectivity index (χ3n) is 1.50. The van der Waals surface area contributed by atoms with Crippen LogP contribution >= 0.6 is 0 Å². The van der Waals surface area contributed by atoms with Crippen LogP contribution in [0.2, 0.25) is 0 Å². The fourth-order valence-electron chi connectivity index (χ4n) is 0.844. The molecule has 0 atom stereocenters. The van der Waals surface area contributed by atoms with Gasteiger partial charge in [0.25, 0.3) is 0 Å². The summed E-state index contributed by atoms with van der Waals surface area (Å²) in [6, 6.07) is -3.06. The van der Waals surface area contributed by atoms with E-state index in [2.05, 4.69) is 0 Å². The summed E-state index contributed by atoms with van der Waals surface area (Å²) in [6.45, 7) is -13.2. The van der Waals surface area contributed by atoms with Gasteiger partial charge in [-0.15, -0.1) is 0 Å². The molecular weight excluding hydrogens is 144 g/mol. The van der Waals surface area contributed by atoms with Crippen molar-refractivity contribution in [2.24, 2.45) is 0 Å². The molecule has 0 saturated heterocycles. The fourth-order valence-corrected chi connectivity index (χ4v) is 0.844. The SMILES string of the molecule is [2H]c1c([2H])c(C([2H])([2H])[2H])c(C)c(C(C([2H])([2H])[2H])(C([2H])([2H])[2H])C([2H])([2H])[2H])c1[2H]. The smallest absolute Gasteiger partial charge is 0.0617 e. The average molecular weight is 177 g/mol. The van der Waals surface area contributed by atoms with Gasteiger partial charge >= 0.3 is 0 Å². The maximum absolute atomic E-state index is 8.03. The van der Waals surface area contributed by atoms with E-state index >= 15 is 0 Å². The van der Waals surface area contributed by atoms with E-state index in [-0.39, 0.29) is 0 Å². The molecule has 0 fully saturated rings. The number of hydrogen-bond donors (Lipinski definition) is 0. The van der Waals surface area contributed by atoms with Crippen molar-refractivity contribution >= 4 is 0 Å². The van der Waals surface area contributed by atoms with Gasteiger partial charge in [0.15, 0.2) is 0 Å². The van der Waals surface area contributed by atoms with Gasteiger partial charge in [-0.3, -0.25) is 0 Å². The molecule has 1 rings (SSSR count). The van der Waals surface area contributed by atoms with Gasteiger partial charge in [0.05, 0.1) is 4.11 Å². The molecule has 12 heavy (non-hydrogen) atoms. The molecule has 0 unspecified atom stereocenters. The topological polar surface area (TPSA) is 0 Å². The molecule has 66 valence electrons. The van der Waals surface area contributed by atoms with Crippen molar-refractivity contribution in [2.75, 3.05) is 0 Å². The summed E-state index contributed by atoms with van der Waals surface area (Å²) in [7, 11) is 0. The lowest BCUT2D eigenvalue weighted by molar-refractivity contribution is 0.585. The second-order valence-electron chi connectivity index (χ2n) is 2.50. The Bertz CT molecular complexity index is 692. The van der Waals surface area contributed by atoms with E-state index in [1.165, 1.54) is 0 Å². The van der Waals surface area contributed by atoms with E-state index in [9.17, 15) is 0 Å². The predicted octanol–water partition coefficient (Wildman–Crippen LogP) is 3.60. The zero-order valence-electron chi connectivity index (χ0n) is 21.5. The van der Waals surface area contributed by atoms with Gasteiger partial charge in [-0.1, -0.05) is 38.7 Å².